The largest absolute Gasteiger partial charge is 0.351 e. The predicted molar refractivity (Wildman–Crippen MR) is 42.5 cm³/mol. The molecule has 0 amide bonds. The molecule has 0 radical (unpaired) electrons. The van der Waals surface area contributed by atoms with Gasteiger partial charge in [-0.2, -0.15) is 0 Å². The molecule has 1 N–H and O–H groups in total. The molecule has 3 heteroatoms. The zero-order chi connectivity index (χ0) is 6.10. The Hall–Kier alpha value is -0.830. The van der Waals surface area contributed by atoms with E-state index < -0.39 is 0 Å². The van der Waals surface area contributed by atoms with Gasteiger partial charge in [0.05, 0.1) is 0 Å². The summed E-state index contributed by atoms with van der Waals surface area (Å²) in [6.45, 7) is 0. The maximum absolute atomic E-state index is 4.20. The van der Waals surface area contributed by atoms with E-state index in [-0.39, 0.29) is 10.7 Å². The molecule has 0 bridgehead atoms. The molecule has 2 aliphatic rings. The van der Waals surface area contributed by atoms with Gasteiger partial charge in [0.15, 0.2) is 0 Å². The van der Waals surface area contributed by atoms with E-state index in [2.05, 4.69) is 21.2 Å². The molecule has 0 fully saturated rings. The fourth-order valence-corrected chi connectivity index (χ4v) is 1.93. The minimum atomic E-state index is 0.0467. The van der Waals surface area contributed by atoms with Crippen LogP contribution in [0.5, 0.6) is 0 Å². The molecule has 0 aliphatic carbocycles. The number of fused-ring (bicyclic) bond motifs is 1. The van der Waals surface area contributed by atoms with Crippen molar-refractivity contribution >= 4 is 22.4 Å². The molecule has 9 heavy (non-hydrogen) atoms. The zero-order valence-corrected chi connectivity index (χ0v) is 5.56. The van der Waals surface area contributed by atoms with Crippen molar-refractivity contribution < 1.29 is 0 Å². The molecular weight excluding hydrogens is 132 g/mol. The fourth-order valence-electron chi connectivity index (χ4n) is 0.768. The second-order valence-corrected chi connectivity index (χ2v) is 3.34. The topological polar surface area (TPSA) is 24.4 Å². The Balaban J connectivity index is 2.46. The van der Waals surface area contributed by atoms with Crippen molar-refractivity contribution in [2.45, 2.75) is 0 Å². The molecule has 0 aromatic carbocycles. The van der Waals surface area contributed by atoms with Crippen LogP contribution in [0.3, 0.4) is 0 Å². The summed E-state index contributed by atoms with van der Waals surface area (Å²) >= 11 is 0. The van der Waals surface area contributed by atoms with Gasteiger partial charge < -0.3 is 5.32 Å². The lowest BCUT2D eigenvalue weighted by Gasteiger charge is -2.04. The van der Waals surface area contributed by atoms with Crippen LogP contribution in [0, 0.1) is 0 Å². The Kier molecular flexibility index (Phi) is 1.02. The molecule has 2 heterocycles. The summed E-state index contributed by atoms with van der Waals surface area (Å²) in [5.41, 5.74) is 0. The highest BCUT2D eigenvalue weighted by Crippen LogP contribution is 2.31. The van der Waals surface area contributed by atoms with E-state index in [4.69, 9.17) is 0 Å². The minimum absolute atomic E-state index is 0.0467. The highest BCUT2D eigenvalue weighted by Gasteiger charge is 2.03. The molecule has 1 unspecified atom stereocenters. The Morgan fingerprint density at radius 2 is 2.56 bits per heavy atom. The summed E-state index contributed by atoms with van der Waals surface area (Å²) < 4.78 is 4.20. The third-order valence-corrected chi connectivity index (χ3v) is 2.66. The fraction of sp³-hybridized carbons (Fsp3) is 0. The Bertz CT molecular complexity index is 248. The highest BCUT2D eigenvalue weighted by molar-refractivity contribution is 8.18. The molecule has 0 saturated heterocycles. The molecule has 2 rings (SSSR count). The molecule has 2 aliphatic heterocycles. The molecule has 0 spiro atoms. The average molecular weight is 138 g/mol. The summed E-state index contributed by atoms with van der Waals surface area (Å²) in [7, 11) is 0.0467. The third kappa shape index (κ3) is 0.733. The number of hydrogen-bond donors (Lipinski definition) is 1. The lowest BCUT2D eigenvalue weighted by Crippen LogP contribution is -2.03. The van der Waals surface area contributed by atoms with E-state index in [1.165, 1.54) is 4.91 Å². The smallest absolute Gasteiger partial charge is 0.100 e. The lowest BCUT2D eigenvalue weighted by molar-refractivity contribution is 1.31. The Morgan fingerprint density at radius 1 is 1.56 bits per heavy atom. The van der Waals surface area contributed by atoms with Gasteiger partial charge in [-0.25, -0.2) is 4.40 Å². The van der Waals surface area contributed by atoms with Crippen LogP contribution in [0.25, 0.3) is 0 Å². The normalized spacial score (nSPS) is 28.4. The zero-order valence-electron chi connectivity index (χ0n) is 4.74. The van der Waals surface area contributed by atoms with Gasteiger partial charge in [-0.3, -0.25) is 0 Å². The summed E-state index contributed by atoms with van der Waals surface area (Å²) in [4.78, 5) is 1.28. The second-order valence-electron chi connectivity index (χ2n) is 1.76. The number of nitrogens with zero attached hydrogens (tertiary/aromatic N) is 1. The Labute approximate surface area is 56.0 Å². The summed E-state index contributed by atoms with van der Waals surface area (Å²) in [6, 6.07) is 0. The van der Waals surface area contributed by atoms with E-state index in [9.17, 15) is 0 Å². The van der Waals surface area contributed by atoms with Gasteiger partial charge in [-0.05, 0) is 22.1 Å². The van der Waals surface area contributed by atoms with Gasteiger partial charge in [0.1, 0.15) is 6.34 Å². The standard InChI is InChI=1S/C6H6N2S/c1-2-6-4-7-5-8-9(6)3-1/h1-5H,(H,7,8). The van der Waals surface area contributed by atoms with Crippen LogP contribution in [0.4, 0.5) is 0 Å². The van der Waals surface area contributed by atoms with Gasteiger partial charge >= 0.3 is 0 Å². The molecule has 46 valence electrons. The maximum atomic E-state index is 4.20. The van der Waals surface area contributed by atoms with Gasteiger partial charge in [0.2, 0.25) is 0 Å². The molecule has 2 nitrogen and oxygen atoms in total. The monoisotopic (exact) mass is 138 g/mol. The van der Waals surface area contributed by atoms with E-state index in [1.807, 2.05) is 12.3 Å². The van der Waals surface area contributed by atoms with E-state index in [1.54, 1.807) is 6.34 Å². The quantitative estimate of drug-likeness (QED) is 0.496. The average Bonchev–Trinajstić information content (AvgIpc) is 2.33. The van der Waals surface area contributed by atoms with E-state index in [0.29, 0.717) is 0 Å². The van der Waals surface area contributed by atoms with Crippen molar-refractivity contribution in [2.24, 2.45) is 4.40 Å². The van der Waals surface area contributed by atoms with Crippen molar-refractivity contribution in [2.75, 3.05) is 0 Å². The minimum Gasteiger partial charge on any atom is -0.351 e. The molecule has 0 aromatic heterocycles. The van der Waals surface area contributed by atoms with Gasteiger partial charge in [-0.15, -0.1) is 0 Å². The van der Waals surface area contributed by atoms with Gasteiger partial charge in [0, 0.05) is 11.1 Å². The first kappa shape index (κ1) is 4.99. The number of rotatable bonds is 0. The van der Waals surface area contributed by atoms with Crippen molar-refractivity contribution in [3.63, 3.8) is 0 Å². The predicted octanol–water partition coefficient (Wildman–Crippen LogP) is 1.02. The van der Waals surface area contributed by atoms with Crippen LogP contribution in [0.15, 0.2) is 27.7 Å². The lowest BCUT2D eigenvalue weighted by atomic mass is 10.5. The number of nitrogens with one attached hydrogen (secondary N) is 1. The van der Waals surface area contributed by atoms with Crippen molar-refractivity contribution in [3.05, 3.63) is 23.3 Å². The van der Waals surface area contributed by atoms with Crippen LogP contribution in [-0.2, 0) is 0 Å². The third-order valence-electron chi connectivity index (χ3n) is 1.18. The van der Waals surface area contributed by atoms with Crippen LogP contribution in [0.2, 0.25) is 0 Å². The first-order valence-corrected chi connectivity index (χ1v) is 3.95. The van der Waals surface area contributed by atoms with Crippen LogP contribution in [-0.4, -0.2) is 11.7 Å². The summed E-state index contributed by atoms with van der Waals surface area (Å²) in [5.74, 6) is 0. The van der Waals surface area contributed by atoms with E-state index >= 15 is 0 Å². The molecular formula is C6H6N2S. The van der Waals surface area contributed by atoms with Gasteiger partial charge in [0.25, 0.3) is 0 Å². The maximum Gasteiger partial charge on any atom is 0.100 e. The number of hydrogen-bond acceptors (Lipinski definition) is 2. The van der Waals surface area contributed by atoms with Crippen molar-refractivity contribution in [1.82, 2.24) is 5.32 Å². The van der Waals surface area contributed by atoms with Gasteiger partial charge in [-0.1, -0.05) is 6.08 Å². The first-order valence-electron chi connectivity index (χ1n) is 2.70. The second kappa shape index (κ2) is 1.84. The van der Waals surface area contributed by atoms with Crippen molar-refractivity contribution in [3.8, 4) is 0 Å². The molecule has 0 aromatic rings. The molecule has 0 saturated carbocycles. The highest BCUT2D eigenvalue weighted by atomic mass is 32.2. The van der Waals surface area contributed by atoms with Crippen molar-refractivity contribution in [1.29, 1.82) is 0 Å². The molecule has 1 atom stereocenters. The summed E-state index contributed by atoms with van der Waals surface area (Å²) in [5, 5.41) is 5.04. The summed E-state index contributed by atoms with van der Waals surface area (Å²) in [6.07, 6.45) is 7.83. The van der Waals surface area contributed by atoms with Crippen LogP contribution >= 0.6 is 10.7 Å². The first-order chi connectivity index (χ1) is 4.47. The van der Waals surface area contributed by atoms with Crippen LogP contribution < -0.4 is 5.32 Å². The van der Waals surface area contributed by atoms with E-state index in [0.717, 1.165) is 0 Å². The SMILES string of the molecule is C1=CC2=CNC=NS2=C1. The Morgan fingerprint density at radius 3 is 3.44 bits per heavy atom. The van der Waals surface area contributed by atoms with Crippen LogP contribution in [0.1, 0.15) is 0 Å². The number of allylic oxidation sites excluding steroid dienone is 2.